The summed E-state index contributed by atoms with van der Waals surface area (Å²) in [5.74, 6) is -0.534. The van der Waals surface area contributed by atoms with Crippen molar-refractivity contribution in [2.75, 3.05) is 12.4 Å². The van der Waals surface area contributed by atoms with Gasteiger partial charge in [-0.2, -0.15) is 0 Å². The highest BCUT2D eigenvalue weighted by molar-refractivity contribution is 6.47. The minimum atomic E-state index is -0.668. The summed E-state index contributed by atoms with van der Waals surface area (Å²) in [6, 6.07) is 20.7. The van der Waals surface area contributed by atoms with Crippen LogP contribution in [0.3, 0.4) is 0 Å². The van der Waals surface area contributed by atoms with Crippen molar-refractivity contribution in [2.24, 2.45) is 0 Å². The van der Waals surface area contributed by atoms with Crippen LogP contribution in [0.1, 0.15) is 21.6 Å². The Morgan fingerprint density at radius 3 is 2.27 bits per heavy atom. The zero-order valence-electron chi connectivity index (χ0n) is 17.1. The van der Waals surface area contributed by atoms with E-state index >= 15 is 0 Å². The highest BCUT2D eigenvalue weighted by atomic mass is 16.5. The molecule has 2 aromatic carbocycles. The van der Waals surface area contributed by atoms with Crippen molar-refractivity contribution >= 4 is 22.9 Å². The molecule has 1 N–H and O–H groups in total. The largest absolute Gasteiger partial charge is 0.497 e. The van der Waals surface area contributed by atoms with Crippen LogP contribution in [0.25, 0.3) is 16.6 Å². The fraction of sp³-hybridized carbons (Fsp3) is 0.120. The first kappa shape index (κ1) is 19.5. The van der Waals surface area contributed by atoms with E-state index < -0.39 is 11.7 Å². The third kappa shape index (κ3) is 3.70. The summed E-state index contributed by atoms with van der Waals surface area (Å²) in [6.07, 6.45) is 1.79. The molecule has 0 radical (unpaired) electrons. The lowest BCUT2D eigenvalue weighted by molar-refractivity contribution is -0.112. The Balaban J connectivity index is 1.76. The van der Waals surface area contributed by atoms with Crippen LogP contribution in [-0.4, -0.2) is 23.2 Å². The van der Waals surface area contributed by atoms with Gasteiger partial charge in [-0.15, -0.1) is 0 Å². The molecule has 1 amide bonds. The van der Waals surface area contributed by atoms with E-state index in [4.69, 9.17) is 4.74 Å². The molecule has 150 valence electrons. The Hall–Kier alpha value is -3.86. The molecule has 0 fully saturated rings. The van der Waals surface area contributed by atoms with Crippen LogP contribution in [-0.2, 0) is 4.79 Å². The van der Waals surface area contributed by atoms with Crippen molar-refractivity contribution in [2.45, 2.75) is 13.8 Å². The van der Waals surface area contributed by atoms with Gasteiger partial charge in [-0.05, 0) is 73.0 Å². The number of hydrogen-bond acceptors (Lipinski definition) is 3. The summed E-state index contributed by atoms with van der Waals surface area (Å²) < 4.78 is 6.98. The van der Waals surface area contributed by atoms with Crippen molar-refractivity contribution in [3.63, 3.8) is 0 Å². The Kier molecular flexibility index (Phi) is 5.11. The molecule has 0 saturated carbocycles. The van der Waals surface area contributed by atoms with Crippen LogP contribution in [0.4, 0.5) is 5.69 Å². The lowest BCUT2D eigenvalue weighted by atomic mass is 10.0. The molecule has 0 unspecified atom stereocenters. The number of ether oxygens (including phenoxy) is 1. The topological polar surface area (TPSA) is 59.8 Å². The summed E-state index contributed by atoms with van der Waals surface area (Å²) in [6.45, 7) is 3.90. The third-order valence-electron chi connectivity index (χ3n) is 4.98. The molecule has 5 heteroatoms. The summed E-state index contributed by atoms with van der Waals surface area (Å²) in [5, 5.41) is 2.75. The molecule has 0 aliphatic carbocycles. The molecule has 0 saturated heterocycles. The summed E-state index contributed by atoms with van der Waals surface area (Å²) in [7, 11) is 1.61. The number of hydrogen-bond donors (Lipinski definition) is 1. The number of aryl methyl sites for hydroxylation is 2. The van der Waals surface area contributed by atoms with Gasteiger partial charge in [0.15, 0.2) is 0 Å². The highest BCUT2D eigenvalue weighted by Gasteiger charge is 2.25. The molecule has 2 heterocycles. The van der Waals surface area contributed by atoms with Gasteiger partial charge in [-0.1, -0.05) is 24.3 Å². The molecule has 0 bridgehead atoms. The van der Waals surface area contributed by atoms with E-state index in [0.29, 0.717) is 16.9 Å². The molecular formula is C25H22N2O3. The average Bonchev–Trinajstić information content (AvgIpc) is 3.12. The van der Waals surface area contributed by atoms with Gasteiger partial charge in [0.2, 0.25) is 0 Å². The second-order valence-corrected chi connectivity index (χ2v) is 7.29. The summed E-state index contributed by atoms with van der Waals surface area (Å²) in [5.41, 5.74) is 5.35. The zero-order valence-corrected chi connectivity index (χ0v) is 17.1. The normalized spacial score (nSPS) is 10.8. The summed E-state index contributed by atoms with van der Waals surface area (Å²) in [4.78, 5) is 26.1. The monoisotopic (exact) mass is 398 g/mol. The average molecular weight is 398 g/mol. The second-order valence-electron chi connectivity index (χ2n) is 7.29. The number of amides is 1. The molecule has 5 nitrogen and oxygen atoms in total. The Labute approximate surface area is 174 Å². The standard InChI is InChI=1S/C25H22N2O3/c1-16-12-17(2)14-19(13-16)26-25(29)24(28)23-22(15-20-6-4-5-11-27(20)23)18-7-9-21(30-3)10-8-18/h4-15H,1-3H3,(H,26,29). The van der Waals surface area contributed by atoms with Crippen LogP contribution in [0, 0.1) is 13.8 Å². The molecule has 0 spiro atoms. The molecule has 2 aromatic heterocycles. The number of nitrogens with zero attached hydrogens (tertiary/aromatic N) is 1. The smallest absolute Gasteiger partial charge is 0.298 e. The summed E-state index contributed by atoms with van der Waals surface area (Å²) >= 11 is 0. The van der Waals surface area contributed by atoms with Crippen LogP contribution in [0.2, 0.25) is 0 Å². The number of aromatic nitrogens is 1. The van der Waals surface area contributed by atoms with Gasteiger partial charge in [-0.25, -0.2) is 0 Å². The first-order valence-electron chi connectivity index (χ1n) is 9.65. The van der Waals surface area contributed by atoms with E-state index in [9.17, 15) is 9.59 Å². The second kappa shape index (κ2) is 7.87. The van der Waals surface area contributed by atoms with Crippen molar-refractivity contribution in [3.05, 3.63) is 89.7 Å². The number of methoxy groups -OCH3 is 1. The number of nitrogens with one attached hydrogen (secondary N) is 1. The van der Waals surface area contributed by atoms with Gasteiger partial charge in [0, 0.05) is 23.0 Å². The quantitative estimate of drug-likeness (QED) is 0.378. The van der Waals surface area contributed by atoms with E-state index in [1.807, 2.05) is 80.6 Å². The molecule has 0 aliphatic heterocycles. The third-order valence-corrected chi connectivity index (χ3v) is 4.98. The van der Waals surface area contributed by atoms with Crippen LogP contribution in [0.5, 0.6) is 5.75 Å². The fourth-order valence-corrected chi connectivity index (χ4v) is 3.69. The van der Waals surface area contributed by atoms with Crippen LogP contribution >= 0.6 is 0 Å². The molecule has 0 aliphatic rings. The number of benzene rings is 2. The molecule has 4 aromatic rings. The maximum atomic E-state index is 13.3. The zero-order chi connectivity index (χ0) is 21.3. The SMILES string of the molecule is COc1ccc(-c2cc3ccccn3c2C(=O)C(=O)Nc2cc(C)cc(C)c2)cc1. The van der Waals surface area contributed by atoms with E-state index in [1.54, 1.807) is 17.7 Å². The Morgan fingerprint density at radius 2 is 1.60 bits per heavy atom. The lowest BCUT2D eigenvalue weighted by Crippen LogP contribution is -2.24. The molecular weight excluding hydrogens is 376 g/mol. The number of rotatable bonds is 5. The van der Waals surface area contributed by atoms with Gasteiger partial charge in [0.05, 0.1) is 7.11 Å². The number of ketones is 1. The van der Waals surface area contributed by atoms with E-state index in [0.717, 1.165) is 28.0 Å². The number of fused-ring (bicyclic) bond motifs is 1. The molecule has 30 heavy (non-hydrogen) atoms. The Morgan fingerprint density at radius 1 is 0.900 bits per heavy atom. The van der Waals surface area contributed by atoms with Gasteiger partial charge < -0.3 is 14.5 Å². The van der Waals surface area contributed by atoms with Gasteiger partial charge >= 0.3 is 0 Å². The van der Waals surface area contributed by atoms with Crippen LogP contribution in [0.15, 0.2) is 72.9 Å². The maximum absolute atomic E-state index is 13.3. The van der Waals surface area contributed by atoms with Gasteiger partial charge in [0.1, 0.15) is 11.4 Å². The maximum Gasteiger partial charge on any atom is 0.298 e. The number of Topliss-reactive ketones (excluding diaryl/α,β-unsaturated/α-hetero) is 1. The fourth-order valence-electron chi connectivity index (χ4n) is 3.69. The number of pyridine rings is 1. The van der Waals surface area contributed by atoms with Crippen LogP contribution < -0.4 is 10.1 Å². The van der Waals surface area contributed by atoms with Crippen molar-refractivity contribution in [1.82, 2.24) is 4.40 Å². The van der Waals surface area contributed by atoms with Crippen molar-refractivity contribution in [1.29, 1.82) is 0 Å². The lowest BCUT2D eigenvalue weighted by Gasteiger charge is -2.09. The van der Waals surface area contributed by atoms with Gasteiger partial charge in [-0.3, -0.25) is 9.59 Å². The minimum absolute atomic E-state index is 0.331. The number of carbonyl (C=O) groups is 2. The van der Waals surface area contributed by atoms with E-state index in [2.05, 4.69) is 5.32 Å². The van der Waals surface area contributed by atoms with E-state index in [-0.39, 0.29) is 0 Å². The first-order chi connectivity index (χ1) is 14.5. The highest BCUT2D eigenvalue weighted by Crippen LogP contribution is 2.30. The predicted molar refractivity (Wildman–Crippen MR) is 118 cm³/mol. The molecule has 0 atom stereocenters. The van der Waals surface area contributed by atoms with Gasteiger partial charge in [0.25, 0.3) is 11.7 Å². The predicted octanol–water partition coefficient (Wildman–Crippen LogP) is 5.05. The first-order valence-corrected chi connectivity index (χ1v) is 9.65. The minimum Gasteiger partial charge on any atom is -0.497 e. The number of carbonyl (C=O) groups excluding carboxylic acids is 2. The number of anilines is 1. The van der Waals surface area contributed by atoms with E-state index in [1.165, 1.54) is 0 Å². The molecule has 4 rings (SSSR count). The van der Waals surface area contributed by atoms with Crippen molar-refractivity contribution < 1.29 is 14.3 Å². The Bertz CT molecular complexity index is 1230. The van der Waals surface area contributed by atoms with Crippen molar-refractivity contribution in [3.8, 4) is 16.9 Å².